The third-order valence-corrected chi connectivity index (χ3v) is 8.73. The normalized spacial score (nSPS) is 28.5. The number of thioether (sulfide) groups is 1. The summed E-state index contributed by atoms with van der Waals surface area (Å²) in [5.74, 6) is 3.72. The summed E-state index contributed by atoms with van der Waals surface area (Å²) in [6.45, 7) is 0.00597. The van der Waals surface area contributed by atoms with Gasteiger partial charge in [-0.05, 0) is 43.4 Å². The van der Waals surface area contributed by atoms with E-state index in [0.717, 1.165) is 31.4 Å². The van der Waals surface area contributed by atoms with E-state index in [0.29, 0.717) is 29.1 Å². The zero-order chi connectivity index (χ0) is 26.0. The van der Waals surface area contributed by atoms with E-state index in [-0.39, 0.29) is 42.4 Å². The van der Waals surface area contributed by atoms with Crippen molar-refractivity contribution in [2.45, 2.75) is 67.7 Å². The Labute approximate surface area is 223 Å². The number of nitrogens with zero attached hydrogens (tertiary/aromatic N) is 3. The van der Waals surface area contributed by atoms with E-state index in [1.165, 1.54) is 0 Å². The Morgan fingerprint density at radius 3 is 3.05 bits per heavy atom. The predicted octanol–water partition coefficient (Wildman–Crippen LogP) is 3.03. The first-order valence-electron chi connectivity index (χ1n) is 12.3. The highest BCUT2D eigenvalue weighted by Gasteiger charge is 2.42. The second-order valence-corrected chi connectivity index (χ2v) is 11.1. The topological polar surface area (TPSA) is 140 Å². The van der Waals surface area contributed by atoms with Gasteiger partial charge in [0.15, 0.2) is 5.60 Å². The monoisotopic (exact) mass is 548 g/mol. The van der Waals surface area contributed by atoms with Crippen molar-refractivity contribution in [1.29, 1.82) is 0 Å². The fraction of sp³-hybridized carbons (Fsp3) is 0.583. The van der Waals surface area contributed by atoms with Crippen LogP contribution in [-0.4, -0.2) is 73.7 Å². The molecule has 11 nitrogen and oxygen atoms in total. The molecule has 4 N–H and O–H groups in total. The molecule has 198 valence electrons. The summed E-state index contributed by atoms with van der Waals surface area (Å²) in [5, 5.41) is 19.2. The molecule has 5 atom stereocenters. The number of unbranched alkanes of at least 4 members (excludes halogenated alkanes) is 2. The number of nitrogens with one attached hydrogen (secondary N) is 3. The largest absolute Gasteiger partial charge is 0.449 e. The van der Waals surface area contributed by atoms with Crippen LogP contribution >= 0.6 is 23.4 Å². The number of aromatic nitrogens is 3. The van der Waals surface area contributed by atoms with Gasteiger partial charge in [0, 0.05) is 17.2 Å². The van der Waals surface area contributed by atoms with Crippen molar-refractivity contribution in [2.24, 2.45) is 0 Å². The molecule has 0 aromatic carbocycles. The van der Waals surface area contributed by atoms with Crippen LogP contribution in [0.2, 0.25) is 5.28 Å². The Bertz CT molecular complexity index is 1220. The Hall–Kier alpha value is -2.72. The molecule has 0 radical (unpaired) electrons. The quantitative estimate of drug-likeness (QED) is 0.162. The molecule has 2 unspecified atom stereocenters. The maximum absolute atomic E-state index is 12.4. The number of rotatable bonds is 9. The molecule has 0 bridgehead atoms. The Morgan fingerprint density at radius 1 is 1.41 bits per heavy atom. The number of carbonyl (C=O) groups excluding carboxylic acids is 2. The van der Waals surface area contributed by atoms with E-state index >= 15 is 0 Å². The molecule has 5 heterocycles. The van der Waals surface area contributed by atoms with Crippen LogP contribution in [0, 0.1) is 12.3 Å². The smallest absolute Gasteiger partial charge is 0.412 e. The number of ether oxygens (including phenoxy) is 2. The zero-order valence-electron chi connectivity index (χ0n) is 20.1. The van der Waals surface area contributed by atoms with Crippen LogP contribution in [0.5, 0.6) is 0 Å². The lowest BCUT2D eigenvalue weighted by Gasteiger charge is -2.21. The average molecular weight is 549 g/mol. The van der Waals surface area contributed by atoms with Crippen LogP contribution in [0.3, 0.4) is 0 Å². The SMILES string of the molecule is C#C[C@@]1(CO)CC[C@H](n2ccc3c(NC(=O)OCCCCC[C@@H]4SCC5NC(=O)NC54)nc(Cl)nc32)O1. The van der Waals surface area contributed by atoms with Crippen molar-refractivity contribution >= 4 is 52.3 Å². The summed E-state index contributed by atoms with van der Waals surface area (Å²) >= 11 is 8.04. The standard InChI is InChI=1S/C24H29ClN6O5S/c1-2-24(13-32)9-7-17(36-24)31-10-8-14-19(28-21(25)30-20(14)31)29-23(34)35-11-5-3-4-6-16-18-15(12-37-16)26-22(33)27-18/h1,8,10,15-18,32H,3-7,9,11-13H2,(H2,26,27,33)(H,28,29,30,34)/t15?,16-,17+,18?,24-/m0/s1. The van der Waals surface area contributed by atoms with Gasteiger partial charge in [0.25, 0.3) is 0 Å². The van der Waals surface area contributed by atoms with E-state index in [1.807, 2.05) is 11.8 Å². The Morgan fingerprint density at radius 2 is 2.27 bits per heavy atom. The van der Waals surface area contributed by atoms with Crippen LogP contribution in [0.4, 0.5) is 15.4 Å². The van der Waals surface area contributed by atoms with Crippen LogP contribution in [0.15, 0.2) is 12.3 Å². The summed E-state index contributed by atoms with van der Waals surface area (Å²) in [7, 11) is 0. The molecule has 3 amide bonds. The number of fused-ring (bicyclic) bond motifs is 2. The number of terminal acetylenes is 1. The molecule has 3 aliphatic heterocycles. The first kappa shape index (κ1) is 25.9. The van der Waals surface area contributed by atoms with Gasteiger partial charge < -0.3 is 29.8 Å². The number of hydrogen-bond acceptors (Lipinski definition) is 8. The maximum Gasteiger partial charge on any atom is 0.412 e. The summed E-state index contributed by atoms with van der Waals surface area (Å²) in [4.78, 5) is 32.4. The van der Waals surface area contributed by atoms with Crippen molar-refractivity contribution in [3.8, 4) is 12.3 Å². The van der Waals surface area contributed by atoms with Gasteiger partial charge in [0.2, 0.25) is 5.28 Å². The fourth-order valence-electron chi connectivity index (χ4n) is 5.10. The lowest BCUT2D eigenvalue weighted by Crippen LogP contribution is -2.36. The number of carbonyl (C=O) groups is 2. The third-order valence-electron chi connectivity index (χ3n) is 7.05. The molecule has 0 spiro atoms. The Kier molecular flexibility index (Phi) is 7.67. The molecular formula is C24H29ClN6O5S. The van der Waals surface area contributed by atoms with Crippen molar-refractivity contribution in [1.82, 2.24) is 25.2 Å². The van der Waals surface area contributed by atoms with Crippen molar-refractivity contribution in [2.75, 3.05) is 24.3 Å². The van der Waals surface area contributed by atoms with Gasteiger partial charge in [-0.3, -0.25) is 5.32 Å². The van der Waals surface area contributed by atoms with Crippen LogP contribution in [0.25, 0.3) is 11.0 Å². The molecule has 37 heavy (non-hydrogen) atoms. The first-order chi connectivity index (χ1) is 17.9. The highest BCUT2D eigenvalue weighted by atomic mass is 35.5. The van der Waals surface area contributed by atoms with Gasteiger partial charge in [0.1, 0.15) is 17.7 Å². The average Bonchev–Trinajstić information content (AvgIpc) is 3.65. The highest BCUT2D eigenvalue weighted by molar-refractivity contribution is 8.00. The second-order valence-electron chi connectivity index (χ2n) is 9.44. The van der Waals surface area contributed by atoms with Gasteiger partial charge in [-0.2, -0.15) is 21.7 Å². The number of urea groups is 1. The summed E-state index contributed by atoms with van der Waals surface area (Å²) < 4.78 is 13.1. The highest BCUT2D eigenvalue weighted by Crippen LogP contribution is 2.38. The van der Waals surface area contributed by atoms with Crippen molar-refractivity contribution < 1.29 is 24.2 Å². The van der Waals surface area contributed by atoms with Crippen LogP contribution in [-0.2, 0) is 9.47 Å². The number of amides is 3. The molecule has 3 fully saturated rings. The predicted molar refractivity (Wildman–Crippen MR) is 139 cm³/mol. The molecule has 0 saturated carbocycles. The lowest BCUT2D eigenvalue weighted by molar-refractivity contribution is -0.0615. The maximum atomic E-state index is 12.4. The minimum atomic E-state index is -1.02. The van der Waals surface area contributed by atoms with Crippen LogP contribution in [0.1, 0.15) is 44.8 Å². The molecular weight excluding hydrogens is 520 g/mol. The van der Waals surface area contributed by atoms with E-state index in [1.54, 1.807) is 16.8 Å². The molecule has 0 aliphatic carbocycles. The van der Waals surface area contributed by atoms with Crippen LogP contribution < -0.4 is 16.0 Å². The number of hydrogen-bond donors (Lipinski definition) is 4. The van der Waals surface area contributed by atoms with E-state index in [9.17, 15) is 14.7 Å². The molecule has 2 aromatic heterocycles. The van der Waals surface area contributed by atoms with E-state index in [2.05, 4.69) is 31.8 Å². The van der Waals surface area contributed by atoms with Gasteiger partial charge in [-0.15, -0.1) is 6.42 Å². The van der Waals surface area contributed by atoms with Gasteiger partial charge in [-0.1, -0.05) is 18.8 Å². The van der Waals surface area contributed by atoms with E-state index in [4.69, 9.17) is 27.5 Å². The molecule has 5 rings (SSSR count). The number of anilines is 1. The second kappa shape index (κ2) is 10.9. The van der Waals surface area contributed by atoms with Crippen molar-refractivity contribution in [3.05, 3.63) is 17.5 Å². The molecule has 3 aliphatic rings. The minimum absolute atomic E-state index is 0.0354. The van der Waals surface area contributed by atoms with Crippen molar-refractivity contribution in [3.63, 3.8) is 0 Å². The first-order valence-corrected chi connectivity index (χ1v) is 13.8. The number of halogens is 1. The van der Waals surface area contributed by atoms with E-state index < -0.39 is 17.9 Å². The summed E-state index contributed by atoms with van der Waals surface area (Å²) in [5.41, 5.74) is -0.544. The van der Waals surface area contributed by atoms with Gasteiger partial charge in [-0.25, -0.2) is 9.59 Å². The minimum Gasteiger partial charge on any atom is -0.449 e. The number of aliphatic hydroxyl groups is 1. The Balaban J connectivity index is 1.10. The van der Waals surface area contributed by atoms with Gasteiger partial charge >= 0.3 is 12.1 Å². The fourth-order valence-corrected chi connectivity index (χ4v) is 6.81. The lowest BCUT2D eigenvalue weighted by atomic mass is 10.0. The molecule has 2 aromatic rings. The summed E-state index contributed by atoms with van der Waals surface area (Å²) in [6, 6.07) is 2.13. The molecule has 13 heteroatoms. The third kappa shape index (κ3) is 5.45. The molecule has 3 saturated heterocycles. The van der Waals surface area contributed by atoms with Gasteiger partial charge in [0.05, 0.1) is 30.7 Å². The number of aliphatic hydroxyl groups excluding tert-OH is 1. The zero-order valence-corrected chi connectivity index (χ0v) is 21.7. The summed E-state index contributed by atoms with van der Waals surface area (Å²) in [6.07, 6.45) is 11.0.